The van der Waals surface area contributed by atoms with Crippen LogP contribution in [0.15, 0.2) is 109 Å². The first-order valence-corrected chi connectivity index (χ1v) is 18.4. The summed E-state index contributed by atoms with van der Waals surface area (Å²) in [7, 11) is -13.1. The van der Waals surface area contributed by atoms with Gasteiger partial charge in [0.2, 0.25) is 10.9 Å². The Hall–Kier alpha value is -3.68. The predicted molar refractivity (Wildman–Crippen MR) is 172 cm³/mol. The molecule has 0 bridgehead atoms. The van der Waals surface area contributed by atoms with Crippen LogP contribution in [0.25, 0.3) is 0 Å². The Morgan fingerprint density at radius 3 is 1.28 bits per heavy atom. The number of hydrogen-bond donors (Lipinski definition) is 2. The molecule has 0 fully saturated rings. The van der Waals surface area contributed by atoms with Crippen LogP contribution in [0.3, 0.4) is 0 Å². The Bertz CT molecular complexity index is 1650. The first-order chi connectivity index (χ1) is 22.0. The molecule has 46 heavy (non-hydrogen) atoms. The second-order valence-corrected chi connectivity index (χ2v) is 14.2. The van der Waals surface area contributed by atoms with Gasteiger partial charge in [0.25, 0.3) is 20.2 Å². The van der Waals surface area contributed by atoms with Crippen molar-refractivity contribution in [3.63, 3.8) is 0 Å². The van der Waals surface area contributed by atoms with Crippen LogP contribution in [0, 0.1) is 0 Å². The lowest BCUT2D eigenvalue weighted by Gasteiger charge is -2.11. The van der Waals surface area contributed by atoms with Crippen molar-refractivity contribution >= 4 is 28.5 Å². The minimum Gasteiger partial charge on any atom is -0.457 e. The third-order valence-corrected chi connectivity index (χ3v) is 9.77. The van der Waals surface area contributed by atoms with Gasteiger partial charge >= 0.3 is 8.25 Å². The molecule has 2 unspecified atom stereocenters. The molecule has 4 aromatic rings. The van der Waals surface area contributed by atoms with Crippen molar-refractivity contribution in [1.82, 2.24) is 0 Å². The second-order valence-electron chi connectivity index (χ2n) is 10.2. The van der Waals surface area contributed by atoms with E-state index in [1.54, 1.807) is 60.7 Å². The summed E-state index contributed by atoms with van der Waals surface area (Å²) in [4.78, 5) is 0. The van der Waals surface area contributed by atoms with E-state index in [2.05, 4.69) is 0 Å². The van der Waals surface area contributed by atoms with E-state index in [9.17, 15) is 30.5 Å². The van der Waals surface area contributed by atoms with Gasteiger partial charge in [0, 0.05) is 4.57 Å². The summed E-state index contributed by atoms with van der Waals surface area (Å²) in [5, 5.41) is 0. The molecule has 0 aliphatic rings. The van der Waals surface area contributed by atoms with Gasteiger partial charge in [-0.1, -0.05) is 69.7 Å². The average Bonchev–Trinajstić information content (AvgIpc) is 3.00. The molecule has 0 amide bonds. The van der Waals surface area contributed by atoms with Gasteiger partial charge in [-0.2, -0.15) is 16.8 Å². The zero-order valence-corrected chi connectivity index (χ0v) is 27.1. The van der Waals surface area contributed by atoms with Crippen LogP contribution in [0.5, 0.6) is 23.0 Å². The molecule has 0 aliphatic heterocycles. The molecule has 11 nitrogen and oxygen atoms in total. The maximum atomic E-state index is 12.6. The Balaban J connectivity index is 1.29. The van der Waals surface area contributed by atoms with Crippen molar-refractivity contribution in [2.75, 3.05) is 0 Å². The van der Waals surface area contributed by atoms with E-state index < -0.39 is 39.4 Å². The molecule has 4 rings (SSSR count). The zero-order valence-electron chi connectivity index (χ0n) is 24.6. The van der Waals surface area contributed by atoms with E-state index in [0.29, 0.717) is 35.8 Å². The van der Waals surface area contributed by atoms with Gasteiger partial charge in [0.15, 0.2) is 0 Å². The molecular formula is C32H34O11PS2+. The predicted octanol–water partition coefficient (Wildman–Crippen LogP) is 7.74. The van der Waals surface area contributed by atoms with Gasteiger partial charge < -0.3 is 9.47 Å². The monoisotopic (exact) mass is 689 g/mol. The fourth-order valence-corrected chi connectivity index (χ4v) is 7.32. The summed E-state index contributed by atoms with van der Waals surface area (Å²) in [5.41, 5.74) is -2.28. The molecule has 4 aromatic carbocycles. The lowest BCUT2D eigenvalue weighted by Crippen LogP contribution is -2.25. The Kier molecular flexibility index (Phi) is 12.8. The molecule has 0 spiro atoms. The number of aryl methyl sites for hydroxylation is 2. The number of benzene rings is 4. The highest BCUT2D eigenvalue weighted by Gasteiger charge is 2.41. The highest BCUT2D eigenvalue weighted by Crippen LogP contribution is 2.34. The molecule has 2 N–H and O–H groups in total. The number of para-hydroxylation sites is 2. The van der Waals surface area contributed by atoms with Gasteiger partial charge in [0.05, 0.1) is 0 Å². The van der Waals surface area contributed by atoms with Crippen LogP contribution in [-0.4, -0.2) is 36.8 Å². The molecule has 0 heterocycles. The van der Waals surface area contributed by atoms with Crippen LogP contribution in [-0.2, 0) is 46.7 Å². The van der Waals surface area contributed by atoms with Crippen molar-refractivity contribution in [3.05, 3.63) is 120 Å². The van der Waals surface area contributed by atoms with E-state index in [4.69, 9.17) is 18.5 Å². The molecule has 14 heteroatoms. The third kappa shape index (κ3) is 11.9. The minimum atomic E-state index is -4.85. The number of ether oxygens (including phenoxy) is 2. The molecule has 0 radical (unpaired) electrons. The van der Waals surface area contributed by atoms with Crippen LogP contribution in [0.2, 0.25) is 0 Å². The van der Waals surface area contributed by atoms with Gasteiger partial charge in [-0.05, 0) is 98.2 Å². The molecule has 0 aromatic heterocycles. The molecule has 2 atom stereocenters. The third-order valence-electron chi connectivity index (χ3n) is 6.64. The number of hydrogen-bond acceptors (Lipinski definition) is 9. The maximum absolute atomic E-state index is 12.6. The van der Waals surface area contributed by atoms with Crippen molar-refractivity contribution in [1.29, 1.82) is 0 Å². The van der Waals surface area contributed by atoms with E-state index in [1.807, 2.05) is 48.5 Å². The Morgan fingerprint density at radius 1 is 0.543 bits per heavy atom. The molecule has 0 saturated carbocycles. The molecule has 244 valence electrons. The summed E-state index contributed by atoms with van der Waals surface area (Å²) in [6, 6.07) is 32.6. The SMILES string of the molecule is O=[P+](OC(CCCc1cccc(Oc2ccccc2)c1)S(=O)(=O)O)OC(CCCc1cccc(Oc2ccccc2)c1)S(=O)(=O)O. The van der Waals surface area contributed by atoms with E-state index >= 15 is 0 Å². The van der Waals surface area contributed by atoms with E-state index in [1.165, 1.54) is 0 Å². The average molecular weight is 690 g/mol. The van der Waals surface area contributed by atoms with E-state index in [0.717, 1.165) is 11.1 Å². The zero-order chi connectivity index (χ0) is 33.0. The van der Waals surface area contributed by atoms with Crippen molar-refractivity contribution < 1.29 is 49.0 Å². The molecule has 0 aliphatic carbocycles. The van der Waals surface area contributed by atoms with E-state index in [-0.39, 0.29) is 25.7 Å². The summed E-state index contributed by atoms with van der Waals surface area (Å²) in [6.07, 6.45) is 0.568. The van der Waals surface area contributed by atoms with Crippen LogP contribution in [0.4, 0.5) is 0 Å². The van der Waals surface area contributed by atoms with Gasteiger partial charge in [-0.3, -0.25) is 9.11 Å². The minimum absolute atomic E-state index is 0.192. The summed E-state index contributed by atoms with van der Waals surface area (Å²) in [5.74, 6) is 2.45. The fraction of sp³-hybridized carbons (Fsp3) is 0.250. The summed E-state index contributed by atoms with van der Waals surface area (Å²) >= 11 is 0. The highest BCUT2D eigenvalue weighted by molar-refractivity contribution is 7.86. The van der Waals surface area contributed by atoms with Gasteiger partial charge in [0.1, 0.15) is 23.0 Å². The van der Waals surface area contributed by atoms with Crippen LogP contribution < -0.4 is 9.47 Å². The smallest absolute Gasteiger partial charge is 0.457 e. The lowest BCUT2D eigenvalue weighted by atomic mass is 10.1. The van der Waals surface area contributed by atoms with Crippen molar-refractivity contribution in [2.24, 2.45) is 0 Å². The summed E-state index contributed by atoms with van der Waals surface area (Å²) < 4.78 is 101. The van der Waals surface area contributed by atoms with Gasteiger partial charge in [-0.15, -0.1) is 0 Å². The lowest BCUT2D eigenvalue weighted by molar-refractivity contribution is 0.170. The van der Waals surface area contributed by atoms with Crippen LogP contribution >= 0.6 is 8.25 Å². The standard InChI is InChI=1S/C32H33O11PS2/c33-44(42-31(45(34,35)36)21-9-13-25-11-7-19-29(23-25)40-27-15-3-1-4-16-27)43-32(46(37,38)39)22-10-14-26-12-8-20-30(24-26)41-28-17-5-2-6-18-28/h1-8,11-12,15-20,23-24,31-32H,9-10,13-14,21-22H2,(H-,34,35,36,37,38,39)/p+1. The highest BCUT2D eigenvalue weighted by atomic mass is 32.2. The Labute approximate surface area is 269 Å². The fourth-order valence-electron chi connectivity index (χ4n) is 4.45. The quantitative estimate of drug-likeness (QED) is 0.0776. The number of rotatable bonds is 18. The largest absolute Gasteiger partial charge is 0.700 e. The molecular weight excluding hydrogens is 655 g/mol. The van der Waals surface area contributed by atoms with Crippen molar-refractivity contribution in [2.45, 2.75) is 49.4 Å². The van der Waals surface area contributed by atoms with Crippen LogP contribution in [0.1, 0.15) is 36.8 Å². The first kappa shape index (κ1) is 35.2. The topological polar surface area (TPSA) is 163 Å². The summed E-state index contributed by atoms with van der Waals surface area (Å²) in [6.45, 7) is 0. The maximum Gasteiger partial charge on any atom is 0.700 e. The molecule has 0 saturated heterocycles. The Morgan fingerprint density at radius 2 is 0.913 bits per heavy atom. The normalized spacial score (nSPS) is 13.5. The van der Waals surface area contributed by atoms with Crippen molar-refractivity contribution in [3.8, 4) is 23.0 Å². The second kappa shape index (κ2) is 16.8. The van der Waals surface area contributed by atoms with Gasteiger partial charge in [-0.25, -0.2) is 0 Å². The first-order valence-electron chi connectivity index (χ1n) is 14.3.